The van der Waals surface area contributed by atoms with Crippen molar-refractivity contribution in [2.75, 3.05) is 25.0 Å². The molecule has 1 fully saturated rings. The molecule has 0 aromatic carbocycles. The first-order valence-corrected chi connectivity index (χ1v) is 7.46. The molecule has 0 bridgehead atoms. The van der Waals surface area contributed by atoms with Crippen LogP contribution in [0.3, 0.4) is 0 Å². The number of anilines is 1. The highest BCUT2D eigenvalue weighted by molar-refractivity contribution is 9.10. The van der Waals surface area contributed by atoms with Gasteiger partial charge in [0.15, 0.2) is 0 Å². The number of nitrogens with zero attached hydrogens (tertiary/aromatic N) is 2. The quantitative estimate of drug-likeness (QED) is 0.649. The summed E-state index contributed by atoms with van der Waals surface area (Å²) in [6, 6.07) is 0. The Labute approximate surface area is 126 Å². The first-order chi connectivity index (χ1) is 9.43. The second kappa shape index (κ2) is 6.05. The highest BCUT2D eigenvalue weighted by Crippen LogP contribution is 2.33. The Morgan fingerprint density at radius 2 is 2.20 bits per heavy atom. The smallest absolute Gasteiger partial charge is 0.291 e. The largest absolute Gasteiger partial charge is 0.369 e. The maximum Gasteiger partial charge on any atom is 0.291 e. The zero-order chi connectivity index (χ0) is 14.8. The molecule has 2 N–H and O–H groups in total. The molecule has 0 atom stereocenters. The third kappa shape index (κ3) is 3.27. The number of rotatable bonds is 4. The van der Waals surface area contributed by atoms with Crippen LogP contribution in [0.2, 0.25) is 0 Å². The van der Waals surface area contributed by atoms with Crippen LogP contribution >= 0.6 is 15.9 Å². The summed E-state index contributed by atoms with van der Waals surface area (Å²) < 4.78 is 0.671. The zero-order valence-electron chi connectivity index (χ0n) is 11.7. The molecule has 0 amide bonds. The second-order valence-corrected chi connectivity index (χ2v) is 6.40. The molecule has 1 aromatic heterocycles. The number of nitrogens with one attached hydrogen (secondary N) is 2. The van der Waals surface area contributed by atoms with E-state index in [-0.39, 0.29) is 11.1 Å². The minimum absolute atomic E-state index is 0.0375. The lowest BCUT2D eigenvalue weighted by Crippen LogP contribution is -2.39. The Hall–Kier alpha value is -1.21. The molecule has 6 nitrogen and oxygen atoms in total. The van der Waals surface area contributed by atoms with E-state index in [1.165, 1.54) is 6.20 Å². The fraction of sp³-hybridized carbons (Fsp3) is 0.615. The standard InChI is InChI=1S/C13H19BrN4O2/c1-9-10(18(19)20)7-16-12(11(9)14)17-8-13(2)3-5-15-6-4-13/h7,15H,3-6,8H2,1-2H3,(H,16,17). The average molecular weight is 343 g/mol. The lowest BCUT2D eigenvalue weighted by molar-refractivity contribution is -0.385. The van der Waals surface area contributed by atoms with Gasteiger partial charge in [0.25, 0.3) is 5.69 Å². The SMILES string of the molecule is Cc1c([N+](=O)[O-])cnc(NCC2(C)CCNCC2)c1Br. The molecule has 0 spiro atoms. The molecule has 1 saturated heterocycles. The van der Waals surface area contributed by atoms with Crippen molar-refractivity contribution in [3.63, 3.8) is 0 Å². The highest BCUT2D eigenvalue weighted by Gasteiger charge is 2.27. The van der Waals surface area contributed by atoms with E-state index in [4.69, 9.17) is 0 Å². The molecule has 0 saturated carbocycles. The molecule has 7 heteroatoms. The first-order valence-electron chi connectivity index (χ1n) is 6.67. The number of aromatic nitrogens is 1. The summed E-state index contributed by atoms with van der Waals surface area (Å²) in [5, 5.41) is 17.5. The summed E-state index contributed by atoms with van der Waals surface area (Å²) in [6.45, 7) is 6.87. The van der Waals surface area contributed by atoms with Gasteiger partial charge in [0.1, 0.15) is 12.0 Å². The third-order valence-electron chi connectivity index (χ3n) is 3.93. The van der Waals surface area contributed by atoms with Crippen molar-refractivity contribution in [1.29, 1.82) is 0 Å². The summed E-state index contributed by atoms with van der Waals surface area (Å²) in [4.78, 5) is 14.6. The van der Waals surface area contributed by atoms with Crippen LogP contribution in [0.5, 0.6) is 0 Å². The minimum atomic E-state index is -0.412. The van der Waals surface area contributed by atoms with Gasteiger partial charge in [0, 0.05) is 12.1 Å². The summed E-state index contributed by atoms with van der Waals surface area (Å²) in [5.41, 5.74) is 0.876. The van der Waals surface area contributed by atoms with E-state index in [0.717, 1.165) is 32.5 Å². The maximum absolute atomic E-state index is 10.9. The molecule has 0 aliphatic carbocycles. The van der Waals surface area contributed by atoms with E-state index >= 15 is 0 Å². The van der Waals surface area contributed by atoms with Crippen molar-refractivity contribution in [1.82, 2.24) is 10.3 Å². The van der Waals surface area contributed by atoms with Gasteiger partial charge >= 0.3 is 0 Å². The number of nitro groups is 1. The predicted octanol–water partition coefficient (Wildman–Crippen LogP) is 2.86. The molecule has 2 heterocycles. The molecule has 1 aliphatic rings. The van der Waals surface area contributed by atoms with Gasteiger partial charge in [0.2, 0.25) is 0 Å². The Balaban J connectivity index is 2.10. The summed E-state index contributed by atoms with van der Waals surface area (Å²) >= 11 is 3.40. The van der Waals surface area contributed by atoms with Crippen molar-refractivity contribution in [2.24, 2.45) is 5.41 Å². The number of halogens is 1. The predicted molar refractivity (Wildman–Crippen MR) is 82.0 cm³/mol. The van der Waals surface area contributed by atoms with Crippen LogP contribution in [-0.2, 0) is 0 Å². The van der Waals surface area contributed by atoms with Gasteiger partial charge in [-0.2, -0.15) is 0 Å². The van der Waals surface area contributed by atoms with Crippen molar-refractivity contribution in [2.45, 2.75) is 26.7 Å². The van der Waals surface area contributed by atoms with Crippen molar-refractivity contribution >= 4 is 27.4 Å². The normalized spacial score (nSPS) is 17.8. The van der Waals surface area contributed by atoms with Crippen LogP contribution < -0.4 is 10.6 Å². The van der Waals surface area contributed by atoms with E-state index in [2.05, 4.69) is 38.5 Å². The van der Waals surface area contributed by atoms with Crippen LogP contribution in [0.4, 0.5) is 11.5 Å². The van der Waals surface area contributed by atoms with E-state index in [1.807, 2.05) is 0 Å². The fourth-order valence-electron chi connectivity index (χ4n) is 2.38. The van der Waals surface area contributed by atoms with Crippen molar-refractivity contribution in [3.8, 4) is 0 Å². The van der Waals surface area contributed by atoms with E-state index in [9.17, 15) is 10.1 Å². The number of pyridine rings is 1. The molecule has 2 rings (SSSR count). The van der Waals surface area contributed by atoms with Crippen LogP contribution in [0.1, 0.15) is 25.3 Å². The maximum atomic E-state index is 10.9. The van der Waals surface area contributed by atoms with E-state index in [1.54, 1.807) is 6.92 Å². The highest BCUT2D eigenvalue weighted by atomic mass is 79.9. The first kappa shape index (κ1) is 15.2. The van der Waals surface area contributed by atoms with Crippen LogP contribution in [-0.4, -0.2) is 29.5 Å². The fourth-order valence-corrected chi connectivity index (χ4v) is 2.83. The van der Waals surface area contributed by atoms with E-state index in [0.29, 0.717) is 15.9 Å². The molecule has 1 aromatic rings. The molecular formula is C13H19BrN4O2. The molecule has 1 aliphatic heterocycles. The van der Waals surface area contributed by atoms with Gasteiger partial charge < -0.3 is 10.6 Å². The lowest BCUT2D eigenvalue weighted by atomic mass is 9.81. The number of hydrogen-bond donors (Lipinski definition) is 2. The van der Waals surface area contributed by atoms with Crippen molar-refractivity contribution in [3.05, 3.63) is 26.3 Å². The topological polar surface area (TPSA) is 80.1 Å². The second-order valence-electron chi connectivity index (χ2n) is 5.60. The van der Waals surface area contributed by atoms with Crippen LogP contribution in [0.25, 0.3) is 0 Å². The summed E-state index contributed by atoms with van der Waals surface area (Å²) in [5.74, 6) is 0.674. The van der Waals surface area contributed by atoms with Gasteiger partial charge in [-0.05, 0) is 54.2 Å². The summed E-state index contributed by atoms with van der Waals surface area (Å²) in [7, 11) is 0. The Bertz CT molecular complexity index is 515. The Kier molecular flexibility index (Phi) is 4.59. The van der Waals surface area contributed by atoms with Gasteiger partial charge in [0.05, 0.1) is 9.40 Å². The summed E-state index contributed by atoms with van der Waals surface area (Å²) in [6.07, 6.45) is 3.54. The third-order valence-corrected chi connectivity index (χ3v) is 4.90. The van der Waals surface area contributed by atoms with Gasteiger partial charge in [-0.3, -0.25) is 10.1 Å². The van der Waals surface area contributed by atoms with Crippen LogP contribution in [0.15, 0.2) is 10.7 Å². The molecule has 0 radical (unpaired) electrons. The minimum Gasteiger partial charge on any atom is -0.369 e. The number of piperidine rings is 1. The molecule has 110 valence electrons. The van der Waals surface area contributed by atoms with Gasteiger partial charge in [-0.25, -0.2) is 4.98 Å². The number of hydrogen-bond acceptors (Lipinski definition) is 5. The van der Waals surface area contributed by atoms with Gasteiger partial charge in [-0.15, -0.1) is 0 Å². The van der Waals surface area contributed by atoms with Crippen molar-refractivity contribution < 1.29 is 4.92 Å². The lowest BCUT2D eigenvalue weighted by Gasteiger charge is -2.34. The van der Waals surface area contributed by atoms with Crippen LogP contribution in [0, 0.1) is 22.5 Å². The molecule has 20 heavy (non-hydrogen) atoms. The Morgan fingerprint density at radius 3 is 2.80 bits per heavy atom. The Morgan fingerprint density at radius 1 is 1.55 bits per heavy atom. The van der Waals surface area contributed by atoms with Gasteiger partial charge in [-0.1, -0.05) is 6.92 Å². The zero-order valence-corrected chi connectivity index (χ0v) is 13.3. The monoisotopic (exact) mass is 342 g/mol. The van der Waals surface area contributed by atoms with E-state index < -0.39 is 4.92 Å². The average Bonchev–Trinajstić information content (AvgIpc) is 2.41. The molecule has 0 unspecified atom stereocenters. The molecular weight excluding hydrogens is 324 g/mol.